The lowest BCUT2D eigenvalue weighted by molar-refractivity contribution is 0.101. The van der Waals surface area contributed by atoms with Crippen LogP contribution in [0.15, 0.2) is 42.5 Å². The Balaban J connectivity index is 1.88. The number of carbonyl (C=O) groups excluding carboxylic acids is 1. The molecule has 4 nitrogen and oxygen atoms in total. The molecule has 1 aliphatic rings. The number of nitrogens with one attached hydrogen (secondary N) is 1. The fourth-order valence-electron chi connectivity index (χ4n) is 2.02. The van der Waals surface area contributed by atoms with Crippen molar-refractivity contribution < 1.29 is 18.7 Å². The van der Waals surface area contributed by atoms with Crippen LogP contribution in [0.2, 0.25) is 0 Å². The van der Waals surface area contributed by atoms with Crippen molar-refractivity contribution in [3.8, 4) is 11.5 Å². The van der Waals surface area contributed by atoms with Crippen LogP contribution in [0.3, 0.4) is 0 Å². The average Bonchev–Trinajstić information content (AvgIpc) is 2.46. The number of hydrogen-bond donors (Lipinski definition) is 1. The zero-order valence-corrected chi connectivity index (χ0v) is 10.6. The molecule has 102 valence electrons. The van der Waals surface area contributed by atoms with E-state index < -0.39 is 5.82 Å². The Morgan fingerprint density at radius 3 is 2.75 bits per heavy atom. The highest BCUT2D eigenvalue weighted by molar-refractivity contribution is 6.06. The average molecular weight is 273 g/mol. The fourth-order valence-corrected chi connectivity index (χ4v) is 2.02. The topological polar surface area (TPSA) is 47.6 Å². The van der Waals surface area contributed by atoms with Gasteiger partial charge in [0, 0.05) is 5.69 Å². The van der Waals surface area contributed by atoms with Crippen molar-refractivity contribution in [2.75, 3.05) is 18.5 Å². The predicted octanol–water partition coefficient (Wildman–Crippen LogP) is 2.85. The van der Waals surface area contributed by atoms with E-state index >= 15 is 0 Å². The van der Waals surface area contributed by atoms with Crippen molar-refractivity contribution in [3.05, 3.63) is 53.8 Å². The second-order valence-electron chi connectivity index (χ2n) is 4.29. The number of benzene rings is 2. The van der Waals surface area contributed by atoms with E-state index in [1.807, 2.05) is 0 Å². The number of halogens is 1. The normalized spacial score (nSPS) is 12.8. The lowest BCUT2D eigenvalue weighted by atomic mass is 10.1. The van der Waals surface area contributed by atoms with E-state index in [1.54, 1.807) is 24.3 Å². The number of para-hydroxylation sites is 1. The molecule has 0 saturated carbocycles. The first-order valence-corrected chi connectivity index (χ1v) is 6.19. The van der Waals surface area contributed by atoms with Crippen LogP contribution >= 0.6 is 0 Å². The van der Waals surface area contributed by atoms with Gasteiger partial charge in [0.05, 0.1) is 5.56 Å². The summed E-state index contributed by atoms with van der Waals surface area (Å²) in [5.74, 6) is 0.200. The first-order valence-electron chi connectivity index (χ1n) is 6.19. The summed E-state index contributed by atoms with van der Waals surface area (Å²) in [5.41, 5.74) is 0.760. The largest absolute Gasteiger partial charge is 0.486 e. The molecule has 0 fully saturated rings. The molecule has 3 rings (SSSR count). The SMILES string of the molecule is O=C(Nc1cccc(F)c1)c1cccc2c1OCCO2. The zero-order valence-electron chi connectivity index (χ0n) is 10.6. The van der Waals surface area contributed by atoms with Crippen molar-refractivity contribution in [2.24, 2.45) is 0 Å². The quantitative estimate of drug-likeness (QED) is 0.915. The number of rotatable bonds is 2. The van der Waals surface area contributed by atoms with Crippen molar-refractivity contribution in [1.29, 1.82) is 0 Å². The van der Waals surface area contributed by atoms with Crippen LogP contribution in [-0.2, 0) is 0 Å². The molecule has 1 aliphatic heterocycles. The molecule has 2 aromatic rings. The second kappa shape index (κ2) is 5.21. The van der Waals surface area contributed by atoms with Gasteiger partial charge in [0.25, 0.3) is 5.91 Å². The highest BCUT2D eigenvalue weighted by atomic mass is 19.1. The van der Waals surface area contributed by atoms with Crippen molar-refractivity contribution >= 4 is 11.6 Å². The summed E-state index contributed by atoms with van der Waals surface area (Å²) < 4.78 is 24.0. The number of ether oxygens (including phenoxy) is 2. The zero-order chi connectivity index (χ0) is 13.9. The highest BCUT2D eigenvalue weighted by Crippen LogP contribution is 2.33. The molecule has 5 heteroatoms. The first kappa shape index (κ1) is 12.5. The van der Waals surface area contributed by atoms with Crippen molar-refractivity contribution in [1.82, 2.24) is 0 Å². The van der Waals surface area contributed by atoms with Gasteiger partial charge in [-0.2, -0.15) is 0 Å². The van der Waals surface area contributed by atoms with Crippen molar-refractivity contribution in [3.63, 3.8) is 0 Å². The summed E-state index contributed by atoms with van der Waals surface area (Å²) in [6.07, 6.45) is 0. The molecular weight excluding hydrogens is 261 g/mol. The van der Waals surface area contributed by atoms with Gasteiger partial charge in [-0.1, -0.05) is 12.1 Å². The van der Waals surface area contributed by atoms with Crippen LogP contribution in [0, 0.1) is 5.82 Å². The van der Waals surface area contributed by atoms with Gasteiger partial charge < -0.3 is 14.8 Å². The molecule has 0 spiro atoms. The molecule has 2 aromatic carbocycles. The third kappa shape index (κ3) is 2.42. The molecule has 0 aliphatic carbocycles. The number of amides is 1. The second-order valence-corrected chi connectivity index (χ2v) is 4.29. The number of anilines is 1. The van der Waals surface area contributed by atoms with E-state index in [2.05, 4.69) is 5.32 Å². The maximum atomic E-state index is 13.1. The predicted molar refractivity (Wildman–Crippen MR) is 71.8 cm³/mol. The Morgan fingerprint density at radius 2 is 1.90 bits per heavy atom. The van der Waals surface area contributed by atoms with Crippen LogP contribution in [-0.4, -0.2) is 19.1 Å². The van der Waals surface area contributed by atoms with E-state index in [0.29, 0.717) is 36.0 Å². The summed E-state index contributed by atoms with van der Waals surface area (Å²) >= 11 is 0. The molecule has 20 heavy (non-hydrogen) atoms. The number of fused-ring (bicyclic) bond motifs is 1. The lowest BCUT2D eigenvalue weighted by Crippen LogP contribution is -2.20. The third-order valence-corrected chi connectivity index (χ3v) is 2.89. The molecule has 1 heterocycles. The summed E-state index contributed by atoms with van der Waals surface area (Å²) in [5, 5.41) is 2.63. The molecule has 0 unspecified atom stereocenters. The van der Waals surface area contributed by atoms with Gasteiger partial charge in [0.1, 0.15) is 19.0 Å². The molecular formula is C15H12FNO3. The minimum atomic E-state index is -0.405. The molecule has 0 bridgehead atoms. The molecule has 1 N–H and O–H groups in total. The number of hydrogen-bond acceptors (Lipinski definition) is 3. The Labute approximate surface area is 115 Å². The highest BCUT2D eigenvalue weighted by Gasteiger charge is 2.20. The van der Waals surface area contributed by atoms with Gasteiger partial charge in [0.2, 0.25) is 0 Å². The minimum absolute atomic E-state index is 0.363. The third-order valence-electron chi connectivity index (χ3n) is 2.89. The van der Waals surface area contributed by atoms with E-state index in [1.165, 1.54) is 18.2 Å². The molecule has 0 atom stereocenters. The minimum Gasteiger partial charge on any atom is -0.486 e. The van der Waals surface area contributed by atoms with Crippen molar-refractivity contribution in [2.45, 2.75) is 0 Å². The van der Waals surface area contributed by atoms with Gasteiger partial charge >= 0.3 is 0 Å². The Hall–Kier alpha value is -2.56. The van der Waals surface area contributed by atoms with E-state index in [0.717, 1.165) is 0 Å². The first-order chi connectivity index (χ1) is 9.74. The summed E-state index contributed by atoms with van der Waals surface area (Å²) in [4.78, 5) is 12.2. The summed E-state index contributed by atoms with van der Waals surface area (Å²) in [7, 11) is 0. The van der Waals surface area contributed by atoms with E-state index in [9.17, 15) is 9.18 Å². The monoisotopic (exact) mass is 273 g/mol. The Morgan fingerprint density at radius 1 is 1.10 bits per heavy atom. The van der Waals surface area contributed by atoms with Crippen LogP contribution in [0.5, 0.6) is 11.5 Å². The maximum Gasteiger partial charge on any atom is 0.259 e. The molecule has 0 aromatic heterocycles. The van der Waals surface area contributed by atoms with E-state index in [-0.39, 0.29) is 5.91 Å². The van der Waals surface area contributed by atoms with Gasteiger partial charge in [-0.15, -0.1) is 0 Å². The van der Waals surface area contributed by atoms with Gasteiger partial charge in [-0.05, 0) is 30.3 Å². The lowest BCUT2D eigenvalue weighted by Gasteiger charge is -2.20. The smallest absolute Gasteiger partial charge is 0.259 e. The van der Waals surface area contributed by atoms with E-state index in [4.69, 9.17) is 9.47 Å². The number of carbonyl (C=O) groups is 1. The van der Waals surface area contributed by atoms with Crippen LogP contribution < -0.4 is 14.8 Å². The maximum absolute atomic E-state index is 13.1. The van der Waals surface area contributed by atoms with Gasteiger partial charge in [-0.25, -0.2) is 4.39 Å². The van der Waals surface area contributed by atoms with Crippen LogP contribution in [0.4, 0.5) is 10.1 Å². The fraction of sp³-hybridized carbons (Fsp3) is 0.133. The van der Waals surface area contributed by atoms with Crippen LogP contribution in [0.25, 0.3) is 0 Å². The summed E-state index contributed by atoms with van der Waals surface area (Å²) in [6, 6.07) is 10.8. The Bertz CT molecular complexity index is 657. The standard InChI is InChI=1S/C15H12FNO3/c16-10-3-1-4-11(9-10)17-15(18)12-5-2-6-13-14(12)20-8-7-19-13/h1-6,9H,7-8H2,(H,17,18). The molecule has 1 amide bonds. The molecule has 0 radical (unpaired) electrons. The van der Waals surface area contributed by atoms with Gasteiger partial charge in [-0.3, -0.25) is 4.79 Å². The van der Waals surface area contributed by atoms with Gasteiger partial charge in [0.15, 0.2) is 11.5 Å². The molecule has 0 saturated heterocycles. The Kier molecular flexibility index (Phi) is 3.25. The van der Waals surface area contributed by atoms with Crippen LogP contribution in [0.1, 0.15) is 10.4 Å². The summed E-state index contributed by atoms with van der Waals surface area (Å²) in [6.45, 7) is 0.860.